The van der Waals surface area contributed by atoms with Gasteiger partial charge < -0.3 is 34.4 Å². The lowest BCUT2D eigenvalue weighted by molar-refractivity contribution is -0.0122. The van der Waals surface area contributed by atoms with E-state index in [0.29, 0.717) is 31.1 Å². The number of ether oxygens (including phenoxy) is 3. The third-order valence-electron chi connectivity index (χ3n) is 7.89. The van der Waals surface area contributed by atoms with Crippen LogP contribution in [-0.4, -0.2) is 100 Å². The lowest BCUT2D eigenvalue weighted by atomic mass is 10.0. The van der Waals surface area contributed by atoms with E-state index in [1.807, 2.05) is 27.7 Å². The molecule has 13 heteroatoms. The van der Waals surface area contributed by atoms with Crippen molar-refractivity contribution in [2.75, 3.05) is 45.2 Å². The van der Waals surface area contributed by atoms with E-state index in [1.165, 1.54) is 25.3 Å². The number of anilines is 1. The van der Waals surface area contributed by atoms with Crippen molar-refractivity contribution in [3.8, 4) is 11.5 Å². The number of rotatable bonds is 9. The highest BCUT2D eigenvalue weighted by Crippen LogP contribution is 2.30. The van der Waals surface area contributed by atoms with Gasteiger partial charge in [0.15, 0.2) is 0 Å². The van der Waals surface area contributed by atoms with Crippen LogP contribution in [0.4, 0.5) is 10.5 Å². The van der Waals surface area contributed by atoms with Gasteiger partial charge in [0.1, 0.15) is 11.5 Å². The molecule has 1 heterocycles. The zero-order valence-electron chi connectivity index (χ0n) is 28.0. The van der Waals surface area contributed by atoms with Gasteiger partial charge in [0, 0.05) is 44.4 Å². The fourth-order valence-corrected chi connectivity index (χ4v) is 6.18. The molecular weight excluding hydrogens is 612 g/mol. The number of fused-ring (bicyclic) bond motifs is 1. The van der Waals surface area contributed by atoms with Crippen molar-refractivity contribution in [2.45, 2.75) is 83.1 Å². The predicted molar refractivity (Wildman–Crippen MR) is 177 cm³/mol. The number of sulfonamides is 1. The zero-order chi connectivity index (χ0) is 34.0. The molecule has 4 atom stereocenters. The van der Waals surface area contributed by atoms with Gasteiger partial charge in [0.05, 0.1) is 42.4 Å². The van der Waals surface area contributed by atoms with Crippen molar-refractivity contribution in [1.29, 1.82) is 0 Å². The summed E-state index contributed by atoms with van der Waals surface area (Å²) in [7, 11) is -0.777. The molecule has 0 radical (unpaired) electrons. The molecular formula is C33H50N4O8S. The van der Waals surface area contributed by atoms with E-state index in [1.54, 1.807) is 48.0 Å². The molecule has 2 aromatic rings. The number of amides is 3. The van der Waals surface area contributed by atoms with Crippen LogP contribution in [-0.2, 0) is 14.8 Å². The Balaban J connectivity index is 1.98. The smallest absolute Gasteiger partial charge is 0.317 e. The molecule has 0 fully saturated rings. The Kier molecular flexibility index (Phi) is 13.5. The molecule has 0 aliphatic carbocycles. The molecule has 2 aromatic carbocycles. The topological polar surface area (TPSA) is 147 Å². The Morgan fingerprint density at radius 3 is 2.46 bits per heavy atom. The summed E-state index contributed by atoms with van der Waals surface area (Å²) in [5.41, 5.74) is 0.348. The monoisotopic (exact) mass is 662 g/mol. The van der Waals surface area contributed by atoms with Crippen molar-refractivity contribution >= 4 is 27.6 Å². The summed E-state index contributed by atoms with van der Waals surface area (Å²) in [4.78, 5) is 30.2. The number of carbonyl (C=O) groups excluding carboxylic acids is 2. The SMILES string of the molecule is COc1ccc(S(=O)(=O)Nc2ccc3c(c2)C(=O)N([C@H](C)CO)C[C@H](C)[C@H](CN(C)C(=O)NC(C)C)OCCCC[C@@H](C)O3)cc1. The van der Waals surface area contributed by atoms with Gasteiger partial charge in [-0.15, -0.1) is 0 Å². The number of hydrogen-bond donors (Lipinski definition) is 3. The molecule has 256 valence electrons. The third kappa shape index (κ3) is 10.2. The van der Waals surface area contributed by atoms with Crippen LogP contribution in [0.1, 0.15) is 64.2 Å². The Hall–Kier alpha value is -3.55. The lowest BCUT2D eigenvalue weighted by Crippen LogP contribution is -2.49. The van der Waals surface area contributed by atoms with Crippen LogP contribution in [0.15, 0.2) is 47.4 Å². The normalized spacial score (nSPS) is 20.6. The highest BCUT2D eigenvalue weighted by atomic mass is 32.2. The van der Waals surface area contributed by atoms with Crippen molar-refractivity contribution in [3.05, 3.63) is 48.0 Å². The summed E-state index contributed by atoms with van der Waals surface area (Å²) in [6.45, 7) is 10.1. The number of urea groups is 1. The van der Waals surface area contributed by atoms with E-state index < -0.39 is 22.0 Å². The van der Waals surface area contributed by atoms with Crippen molar-refractivity contribution in [1.82, 2.24) is 15.1 Å². The van der Waals surface area contributed by atoms with Gasteiger partial charge in [-0.05, 0) is 89.4 Å². The molecule has 1 aliphatic heterocycles. The van der Waals surface area contributed by atoms with Gasteiger partial charge in [-0.2, -0.15) is 0 Å². The summed E-state index contributed by atoms with van der Waals surface area (Å²) in [6, 6.07) is 9.79. The minimum atomic E-state index is -3.98. The molecule has 0 bridgehead atoms. The molecule has 12 nitrogen and oxygen atoms in total. The average Bonchev–Trinajstić information content (AvgIpc) is 3.01. The molecule has 0 aromatic heterocycles. The standard InChI is InChI=1S/C33H50N4O8S/c1-22(2)34-33(40)36(6)20-31-23(3)19-37(24(4)21-38)32(39)29-18-26(11-16-30(29)45-25(5)10-8-9-17-44-31)35-46(41,42)28-14-12-27(43-7)13-15-28/h11-16,18,22-25,31,35,38H,8-10,17,19-21H2,1-7H3,(H,34,40)/t23-,24+,25+,31-/m0/s1. The number of benzene rings is 2. The first-order valence-corrected chi connectivity index (χ1v) is 17.3. The fraction of sp³-hybridized carbons (Fsp3) is 0.576. The summed E-state index contributed by atoms with van der Waals surface area (Å²) < 4.78 is 46.7. The van der Waals surface area contributed by atoms with Crippen LogP contribution in [0.5, 0.6) is 11.5 Å². The van der Waals surface area contributed by atoms with E-state index in [-0.39, 0.29) is 59.5 Å². The second kappa shape index (κ2) is 16.8. The van der Waals surface area contributed by atoms with Gasteiger partial charge in [0.25, 0.3) is 15.9 Å². The van der Waals surface area contributed by atoms with E-state index in [4.69, 9.17) is 14.2 Å². The molecule has 46 heavy (non-hydrogen) atoms. The molecule has 3 rings (SSSR count). The number of nitrogens with one attached hydrogen (secondary N) is 2. The first-order chi connectivity index (χ1) is 21.7. The summed E-state index contributed by atoms with van der Waals surface area (Å²) in [5.74, 6) is 0.188. The first kappa shape index (κ1) is 36.9. The van der Waals surface area contributed by atoms with E-state index in [2.05, 4.69) is 10.0 Å². The van der Waals surface area contributed by atoms with Crippen LogP contribution in [0, 0.1) is 5.92 Å². The highest BCUT2D eigenvalue weighted by molar-refractivity contribution is 7.92. The second-order valence-corrected chi connectivity index (χ2v) is 14.0. The maximum absolute atomic E-state index is 14.3. The maximum atomic E-state index is 14.3. The minimum absolute atomic E-state index is 0.0225. The van der Waals surface area contributed by atoms with Crippen molar-refractivity contribution < 1.29 is 37.3 Å². The Morgan fingerprint density at radius 1 is 1.13 bits per heavy atom. The Morgan fingerprint density at radius 2 is 1.83 bits per heavy atom. The lowest BCUT2D eigenvalue weighted by Gasteiger charge is -2.36. The molecule has 1 aliphatic rings. The van der Waals surface area contributed by atoms with E-state index in [0.717, 1.165) is 12.8 Å². The van der Waals surface area contributed by atoms with Gasteiger partial charge >= 0.3 is 6.03 Å². The maximum Gasteiger partial charge on any atom is 0.317 e. The minimum Gasteiger partial charge on any atom is -0.497 e. The average molecular weight is 663 g/mol. The van der Waals surface area contributed by atoms with Gasteiger partial charge in [-0.25, -0.2) is 13.2 Å². The largest absolute Gasteiger partial charge is 0.497 e. The van der Waals surface area contributed by atoms with Gasteiger partial charge in [0.2, 0.25) is 0 Å². The van der Waals surface area contributed by atoms with Crippen LogP contribution >= 0.6 is 0 Å². The zero-order valence-corrected chi connectivity index (χ0v) is 28.8. The third-order valence-corrected chi connectivity index (χ3v) is 9.28. The highest BCUT2D eigenvalue weighted by Gasteiger charge is 2.31. The predicted octanol–water partition coefficient (Wildman–Crippen LogP) is 4.34. The molecule has 3 amide bonds. The molecule has 0 saturated carbocycles. The molecule has 0 spiro atoms. The summed E-state index contributed by atoms with van der Waals surface area (Å²) >= 11 is 0. The molecule has 0 unspecified atom stereocenters. The number of aliphatic hydroxyl groups is 1. The van der Waals surface area contributed by atoms with Gasteiger partial charge in [-0.1, -0.05) is 6.92 Å². The number of likely N-dealkylation sites (N-methyl/N-ethyl adjacent to an activating group) is 1. The van der Waals surface area contributed by atoms with Crippen LogP contribution in [0.2, 0.25) is 0 Å². The quantitative estimate of drug-likeness (QED) is 0.360. The van der Waals surface area contributed by atoms with Crippen LogP contribution in [0.3, 0.4) is 0 Å². The number of carbonyl (C=O) groups is 2. The fourth-order valence-electron chi connectivity index (χ4n) is 5.13. The van der Waals surface area contributed by atoms with Gasteiger partial charge in [-0.3, -0.25) is 9.52 Å². The number of aliphatic hydroxyl groups excluding tert-OH is 1. The van der Waals surface area contributed by atoms with E-state index in [9.17, 15) is 23.1 Å². The summed E-state index contributed by atoms with van der Waals surface area (Å²) in [5, 5.41) is 13.1. The number of hydrogen-bond acceptors (Lipinski definition) is 8. The molecule has 0 saturated heterocycles. The van der Waals surface area contributed by atoms with Crippen LogP contribution in [0.25, 0.3) is 0 Å². The second-order valence-electron chi connectivity index (χ2n) is 12.3. The molecule has 3 N–H and O–H groups in total. The Bertz CT molecular complexity index is 1400. The van der Waals surface area contributed by atoms with Crippen molar-refractivity contribution in [2.24, 2.45) is 5.92 Å². The Labute approximate surface area is 273 Å². The number of nitrogens with zero attached hydrogens (tertiary/aromatic N) is 2. The number of methoxy groups -OCH3 is 1. The summed E-state index contributed by atoms with van der Waals surface area (Å²) in [6.07, 6.45) is 1.69. The van der Waals surface area contributed by atoms with Crippen molar-refractivity contribution in [3.63, 3.8) is 0 Å². The first-order valence-electron chi connectivity index (χ1n) is 15.8. The van der Waals surface area contributed by atoms with Crippen LogP contribution < -0.4 is 19.5 Å². The van der Waals surface area contributed by atoms with E-state index >= 15 is 0 Å².